The molecule has 0 aromatic rings. The van der Waals surface area contributed by atoms with Crippen molar-refractivity contribution in [3.63, 3.8) is 0 Å². The lowest BCUT2D eigenvalue weighted by molar-refractivity contribution is -0.0817. The third-order valence-corrected chi connectivity index (χ3v) is 1.000. The largest absolute Gasteiger partial charge is 0.338 e. The van der Waals surface area contributed by atoms with Crippen LogP contribution in [0.2, 0.25) is 0 Å². The fourth-order valence-electron chi connectivity index (χ4n) is 0.318. The number of hydrogen-bond donors (Lipinski definition) is 0. The summed E-state index contributed by atoms with van der Waals surface area (Å²) in [7, 11) is 0. The van der Waals surface area contributed by atoms with Crippen LogP contribution in [0.1, 0.15) is 13.8 Å². The van der Waals surface area contributed by atoms with Crippen LogP contribution in [0.4, 0.5) is 0 Å². The summed E-state index contributed by atoms with van der Waals surface area (Å²) in [6.45, 7) is 3.21. The van der Waals surface area contributed by atoms with Crippen molar-refractivity contribution in [3.8, 4) is 12.1 Å². The molecule has 4 heteroatoms. The van der Waals surface area contributed by atoms with E-state index in [0.29, 0.717) is 0 Å². The third kappa shape index (κ3) is 5.35. The maximum atomic E-state index is 8.26. The minimum absolute atomic E-state index is 0.0105. The maximum absolute atomic E-state index is 8.26. The SMILES string of the molecule is CC(C#N)OCOC(C)C#N. The van der Waals surface area contributed by atoms with Gasteiger partial charge in [-0.05, 0) is 13.8 Å². The zero-order valence-corrected chi connectivity index (χ0v) is 6.57. The average molecular weight is 154 g/mol. The molecule has 0 radical (unpaired) electrons. The molecule has 0 heterocycles. The van der Waals surface area contributed by atoms with Gasteiger partial charge in [0, 0.05) is 0 Å². The first kappa shape index (κ1) is 9.90. The molecule has 2 atom stereocenters. The van der Waals surface area contributed by atoms with Crippen molar-refractivity contribution < 1.29 is 9.47 Å². The molecule has 0 aliphatic heterocycles. The summed E-state index contributed by atoms with van der Waals surface area (Å²) >= 11 is 0. The summed E-state index contributed by atoms with van der Waals surface area (Å²) in [5.41, 5.74) is 0. The van der Waals surface area contributed by atoms with Crippen LogP contribution in [0.3, 0.4) is 0 Å². The highest BCUT2D eigenvalue weighted by Gasteiger charge is 2.01. The highest BCUT2D eigenvalue weighted by atomic mass is 16.7. The molecule has 11 heavy (non-hydrogen) atoms. The third-order valence-electron chi connectivity index (χ3n) is 1.000. The van der Waals surface area contributed by atoms with Gasteiger partial charge >= 0.3 is 0 Å². The van der Waals surface area contributed by atoms with Crippen LogP contribution in [0.5, 0.6) is 0 Å². The second-order valence-electron chi connectivity index (χ2n) is 1.99. The van der Waals surface area contributed by atoms with Gasteiger partial charge in [0.1, 0.15) is 19.0 Å². The van der Waals surface area contributed by atoms with Crippen molar-refractivity contribution >= 4 is 0 Å². The smallest absolute Gasteiger partial charge is 0.150 e. The lowest BCUT2D eigenvalue weighted by Gasteiger charge is -2.06. The second kappa shape index (κ2) is 5.67. The standard InChI is InChI=1S/C7H10N2O2/c1-6(3-8)10-5-11-7(2)4-9/h6-7H,5H2,1-2H3. The van der Waals surface area contributed by atoms with Crippen LogP contribution < -0.4 is 0 Å². The van der Waals surface area contributed by atoms with Gasteiger partial charge in [-0.1, -0.05) is 0 Å². The van der Waals surface area contributed by atoms with Crippen LogP contribution in [0, 0.1) is 22.7 Å². The lowest BCUT2D eigenvalue weighted by atomic mass is 10.5. The van der Waals surface area contributed by atoms with Gasteiger partial charge in [-0.25, -0.2) is 0 Å². The highest BCUT2D eigenvalue weighted by molar-refractivity contribution is 4.80. The molecule has 0 N–H and O–H groups in total. The zero-order valence-electron chi connectivity index (χ0n) is 6.57. The lowest BCUT2D eigenvalue weighted by Crippen LogP contribution is -2.13. The van der Waals surface area contributed by atoms with Gasteiger partial charge < -0.3 is 9.47 Å². The summed E-state index contributed by atoms with van der Waals surface area (Å²) in [6, 6.07) is 3.74. The second-order valence-corrected chi connectivity index (χ2v) is 1.99. The van der Waals surface area contributed by atoms with Crippen molar-refractivity contribution in [1.29, 1.82) is 10.5 Å². The molecule has 0 aromatic heterocycles. The van der Waals surface area contributed by atoms with E-state index in [1.54, 1.807) is 13.8 Å². The fraction of sp³-hybridized carbons (Fsp3) is 0.714. The van der Waals surface area contributed by atoms with Gasteiger partial charge in [-0.3, -0.25) is 0 Å². The first-order chi connectivity index (χ1) is 5.20. The van der Waals surface area contributed by atoms with Gasteiger partial charge in [0.25, 0.3) is 0 Å². The summed E-state index contributed by atoms with van der Waals surface area (Å²) in [4.78, 5) is 0. The first-order valence-electron chi connectivity index (χ1n) is 3.23. The molecule has 0 aromatic carbocycles. The van der Waals surface area contributed by atoms with E-state index in [9.17, 15) is 0 Å². The van der Waals surface area contributed by atoms with Crippen molar-refractivity contribution in [1.82, 2.24) is 0 Å². The predicted molar refractivity (Wildman–Crippen MR) is 37.2 cm³/mol. The Morgan fingerprint density at radius 3 is 1.73 bits per heavy atom. The molecule has 60 valence electrons. The molecule has 4 nitrogen and oxygen atoms in total. The molecular formula is C7H10N2O2. The molecular weight excluding hydrogens is 144 g/mol. The maximum Gasteiger partial charge on any atom is 0.150 e. The number of rotatable bonds is 4. The minimum Gasteiger partial charge on any atom is -0.338 e. The van der Waals surface area contributed by atoms with Crippen molar-refractivity contribution in [2.45, 2.75) is 26.1 Å². The molecule has 0 aliphatic rings. The van der Waals surface area contributed by atoms with E-state index in [1.165, 1.54) is 0 Å². The summed E-state index contributed by atoms with van der Waals surface area (Å²) in [6.07, 6.45) is -0.971. The fourth-order valence-corrected chi connectivity index (χ4v) is 0.318. The Labute approximate surface area is 65.9 Å². The molecule has 0 rings (SSSR count). The normalized spacial score (nSPS) is 14.5. The number of nitrogens with zero attached hydrogens (tertiary/aromatic N) is 2. The quantitative estimate of drug-likeness (QED) is 0.562. The van der Waals surface area contributed by atoms with Crippen LogP contribution in [-0.4, -0.2) is 19.0 Å². The highest BCUT2D eigenvalue weighted by Crippen LogP contribution is 1.92. The summed E-state index contributed by atoms with van der Waals surface area (Å²) in [5.74, 6) is 0. The zero-order chi connectivity index (χ0) is 8.69. The number of ether oxygens (including phenoxy) is 2. The van der Waals surface area contributed by atoms with E-state index < -0.39 is 12.2 Å². The minimum atomic E-state index is -0.485. The van der Waals surface area contributed by atoms with Crippen LogP contribution >= 0.6 is 0 Å². The van der Waals surface area contributed by atoms with Gasteiger partial charge in [0.2, 0.25) is 0 Å². The van der Waals surface area contributed by atoms with Crippen LogP contribution in [-0.2, 0) is 9.47 Å². The molecule has 2 unspecified atom stereocenters. The Morgan fingerprint density at radius 1 is 1.09 bits per heavy atom. The van der Waals surface area contributed by atoms with Gasteiger partial charge in [0.05, 0.1) is 12.1 Å². The van der Waals surface area contributed by atoms with Crippen LogP contribution in [0.25, 0.3) is 0 Å². The predicted octanol–water partition coefficient (Wildman–Crippen LogP) is 0.801. The van der Waals surface area contributed by atoms with E-state index in [-0.39, 0.29) is 6.79 Å². The Hall–Kier alpha value is -1.10. The summed E-state index contributed by atoms with van der Waals surface area (Å²) < 4.78 is 9.66. The molecule has 0 aliphatic carbocycles. The molecule has 0 amide bonds. The first-order valence-corrected chi connectivity index (χ1v) is 3.23. The van der Waals surface area contributed by atoms with Crippen molar-refractivity contribution in [2.75, 3.05) is 6.79 Å². The number of nitriles is 2. The van der Waals surface area contributed by atoms with E-state index >= 15 is 0 Å². The van der Waals surface area contributed by atoms with Crippen LogP contribution in [0.15, 0.2) is 0 Å². The van der Waals surface area contributed by atoms with Crippen molar-refractivity contribution in [2.24, 2.45) is 0 Å². The Bertz CT molecular complexity index is 160. The van der Waals surface area contributed by atoms with Crippen molar-refractivity contribution in [3.05, 3.63) is 0 Å². The molecule has 0 saturated carbocycles. The number of hydrogen-bond acceptors (Lipinski definition) is 4. The van der Waals surface area contributed by atoms with Gasteiger partial charge in [-0.15, -0.1) is 0 Å². The Morgan fingerprint density at radius 2 is 1.45 bits per heavy atom. The molecule has 0 saturated heterocycles. The van der Waals surface area contributed by atoms with E-state index in [1.807, 2.05) is 12.1 Å². The average Bonchev–Trinajstić information content (AvgIpc) is 2.04. The van der Waals surface area contributed by atoms with E-state index in [4.69, 9.17) is 20.0 Å². The summed E-state index contributed by atoms with van der Waals surface area (Å²) in [5, 5.41) is 16.5. The Kier molecular flexibility index (Phi) is 5.10. The molecule has 0 fully saturated rings. The molecule has 0 spiro atoms. The van der Waals surface area contributed by atoms with E-state index in [2.05, 4.69) is 0 Å². The topological polar surface area (TPSA) is 66.0 Å². The molecule has 0 bridgehead atoms. The van der Waals surface area contributed by atoms with Gasteiger partial charge in [-0.2, -0.15) is 10.5 Å². The Balaban J connectivity index is 3.30. The van der Waals surface area contributed by atoms with Gasteiger partial charge in [0.15, 0.2) is 0 Å². The van der Waals surface area contributed by atoms with E-state index in [0.717, 1.165) is 0 Å². The monoisotopic (exact) mass is 154 g/mol.